The molecule has 0 fully saturated rings. The third-order valence-electron chi connectivity index (χ3n) is 2.52. The van der Waals surface area contributed by atoms with E-state index in [1.807, 2.05) is 11.4 Å². The van der Waals surface area contributed by atoms with Crippen LogP contribution >= 0.6 is 27.3 Å². The zero-order valence-corrected chi connectivity index (χ0v) is 12.5. The van der Waals surface area contributed by atoms with Gasteiger partial charge in [0.2, 0.25) is 0 Å². The van der Waals surface area contributed by atoms with E-state index in [1.165, 1.54) is 19.2 Å². The maximum Gasteiger partial charge on any atom is 0.340 e. The van der Waals surface area contributed by atoms with Crippen LogP contribution in [0.25, 0.3) is 0 Å². The van der Waals surface area contributed by atoms with Crippen molar-refractivity contribution in [2.24, 2.45) is 0 Å². The summed E-state index contributed by atoms with van der Waals surface area (Å²) in [6.07, 6.45) is 0. The number of ether oxygens (including phenoxy) is 1. The van der Waals surface area contributed by atoms with E-state index >= 15 is 0 Å². The molecule has 2 rings (SSSR count). The van der Waals surface area contributed by atoms with Crippen molar-refractivity contribution >= 4 is 38.9 Å². The molecule has 19 heavy (non-hydrogen) atoms. The third kappa shape index (κ3) is 3.33. The molecule has 0 spiro atoms. The first-order valence-corrected chi connectivity index (χ1v) is 7.12. The maximum absolute atomic E-state index is 13.5. The minimum atomic E-state index is -0.682. The lowest BCUT2D eigenvalue weighted by molar-refractivity contribution is 0.0595. The van der Waals surface area contributed by atoms with Crippen LogP contribution in [0.1, 0.15) is 15.2 Å². The number of carbonyl (C=O) groups is 1. The summed E-state index contributed by atoms with van der Waals surface area (Å²) < 4.78 is 19.0. The molecule has 0 saturated carbocycles. The molecule has 0 atom stereocenters. The highest BCUT2D eigenvalue weighted by atomic mass is 79.9. The van der Waals surface area contributed by atoms with E-state index in [2.05, 4.69) is 26.0 Å². The van der Waals surface area contributed by atoms with Gasteiger partial charge in [-0.05, 0) is 45.6 Å². The van der Waals surface area contributed by atoms with E-state index in [0.717, 1.165) is 9.35 Å². The molecule has 0 bridgehead atoms. The number of halogens is 2. The smallest absolute Gasteiger partial charge is 0.340 e. The van der Waals surface area contributed by atoms with Gasteiger partial charge >= 0.3 is 5.97 Å². The van der Waals surface area contributed by atoms with Gasteiger partial charge in [0.15, 0.2) is 0 Å². The van der Waals surface area contributed by atoms with Crippen LogP contribution in [0.3, 0.4) is 0 Å². The highest BCUT2D eigenvalue weighted by Crippen LogP contribution is 2.24. The van der Waals surface area contributed by atoms with Gasteiger partial charge in [-0.3, -0.25) is 0 Å². The number of nitrogens with one attached hydrogen (secondary N) is 1. The van der Waals surface area contributed by atoms with Crippen molar-refractivity contribution in [3.05, 3.63) is 50.4 Å². The Hall–Kier alpha value is -1.40. The quantitative estimate of drug-likeness (QED) is 0.851. The molecule has 1 N–H and O–H groups in total. The second kappa shape index (κ2) is 6.16. The van der Waals surface area contributed by atoms with Crippen molar-refractivity contribution in [2.75, 3.05) is 12.4 Å². The van der Waals surface area contributed by atoms with E-state index in [9.17, 15) is 9.18 Å². The Morgan fingerprint density at radius 2 is 2.26 bits per heavy atom. The minimum absolute atomic E-state index is 0.0715. The first-order valence-electron chi connectivity index (χ1n) is 5.45. The molecule has 0 radical (unpaired) electrons. The average Bonchev–Trinajstić information content (AvgIpc) is 2.82. The summed E-state index contributed by atoms with van der Waals surface area (Å²) in [4.78, 5) is 12.5. The van der Waals surface area contributed by atoms with Crippen molar-refractivity contribution < 1.29 is 13.9 Å². The van der Waals surface area contributed by atoms with Crippen LogP contribution in [0.2, 0.25) is 0 Å². The topological polar surface area (TPSA) is 38.3 Å². The Bertz CT molecular complexity index is 600. The zero-order valence-electron chi connectivity index (χ0n) is 10.1. The molecule has 2 aromatic rings. The maximum atomic E-state index is 13.5. The van der Waals surface area contributed by atoms with Crippen molar-refractivity contribution in [3.63, 3.8) is 0 Å². The number of esters is 1. The van der Waals surface area contributed by atoms with Crippen LogP contribution in [-0.4, -0.2) is 13.1 Å². The van der Waals surface area contributed by atoms with E-state index in [4.69, 9.17) is 0 Å². The van der Waals surface area contributed by atoms with Gasteiger partial charge in [-0.1, -0.05) is 0 Å². The highest BCUT2D eigenvalue weighted by Gasteiger charge is 2.12. The van der Waals surface area contributed by atoms with E-state index in [1.54, 1.807) is 17.4 Å². The molecule has 0 saturated heterocycles. The molecule has 0 amide bonds. The Kier molecular flexibility index (Phi) is 4.55. The van der Waals surface area contributed by atoms with Crippen LogP contribution < -0.4 is 5.32 Å². The molecule has 1 aromatic carbocycles. The molecule has 0 unspecified atom stereocenters. The first kappa shape index (κ1) is 14.0. The van der Waals surface area contributed by atoms with Crippen LogP contribution in [-0.2, 0) is 11.3 Å². The number of thiophene rings is 1. The van der Waals surface area contributed by atoms with E-state index in [-0.39, 0.29) is 5.56 Å². The monoisotopic (exact) mass is 343 g/mol. The van der Waals surface area contributed by atoms with Gasteiger partial charge in [0.25, 0.3) is 0 Å². The molecule has 0 aliphatic rings. The normalized spacial score (nSPS) is 10.3. The molecular weight excluding hydrogens is 333 g/mol. The lowest BCUT2D eigenvalue weighted by atomic mass is 10.2. The summed E-state index contributed by atoms with van der Waals surface area (Å²) in [7, 11) is 1.23. The molecule has 0 aliphatic heterocycles. The number of hydrogen-bond acceptors (Lipinski definition) is 4. The van der Waals surface area contributed by atoms with Crippen molar-refractivity contribution in [3.8, 4) is 0 Å². The number of hydrogen-bond donors (Lipinski definition) is 1. The van der Waals surface area contributed by atoms with Crippen LogP contribution in [0, 0.1) is 5.82 Å². The second-order valence-corrected chi connectivity index (χ2v) is 5.59. The number of carbonyl (C=O) groups excluding carboxylic acids is 1. The molecule has 0 aliphatic carbocycles. The standard InChI is InChI=1S/C13H11BrFNO2S/c1-18-13(17)9-6-8(2-3-11(9)15)16-7-12-10(14)4-5-19-12/h2-6,16H,7H2,1H3. The zero-order chi connectivity index (χ0) is 13.8. The summed E-state index contributed by atoms with van der Waals surface area (Å²) >= 11 is 5.05. The third-order valence-corrected chi connectivity index (χ3v) is 4.44. The van der Waals surface area contributed by atoms with E-state index in [0.29, 0.717) is 12.2 Å². The van der Waals surface area contributed by atoms with Gasteiger partial charge in [-0.2, -0.15) is 0 Å². The minimum Gasteiger partial charge on any atom is -0.465 e. The fraction of sp³-hybridized carbons (Fsp3) is 0.154. The Labute approximate surface area is 122 Å². The van der Waals surface area contributed by atoms with Crippen molar-refractivity contribution in [1.29, 1.82) is 0 Å². The summed E-state index contributed by atoms with van der Waals surface area (Å²) in [6, 6.07) is 6.25. The van der Waals surface area contributed by atoms with Gasteiger partial charge in [0, 0.05) is 15.0 Å². The van der Waals surface area contributed by atoms with Crippen LogP contribution in [0.4, 0.5) is 10.1 Å². The fourth-order valence-corrected chi connectivity index (χ4v) is 2.97. The molecule has 100 valence electrons. The number of benzene rings is 1. The van der Waals surface area contributed by atoms with Crippen molar-refractivity contribution in [2.45, 2.75) is 6.54 Å². The predicted octanol–water partition coefficient (Wildman–Crippen LogP) is 4.05. The molecule has 1 heterocycles. The number of rotatable bonds is 4. The molecule has 1 aromatic heterocycles. The Morgan fingerprint density at radius 3 is 2.89 bits per heavy atom. The molecule has 3 nitrogen and oxygen atoms in total. The fourth-order valence-electron chi connectivity index (χ4n) is 1.54. The Balaban J connectivity index is 2.13. The summed E-state index contributed by atoms with van der Waals surface area (Å²) in [6.45, 7) is 0.602. The first-order chi connectivity index (χ1) is 9.11. The van der Waals surface area contributed by atoms with E-state index < -0.39 is 11.8 Å². The van der Waals surface area contributed by atoms with Crippen LogP contribution in [0.5, 0.6) is 0 Å². The van der Waals surface area contributed by atoms with Gasteiger partial charge in [0.05, 0.1) is 19.2 Å². The summed E-state index contributed by atoms with van der Waals surface area (Å²) in [5.41, 5.74) is 0.597. The Morgan fingerprint density at radius 1 is 1.47 bits per heavy atom. The average molecular weight is 344 g/mol. The SMILES string of the molecule is COC(=O)c1cc(NCc2sccc2Br)ccc1F. The summed E-state index contributed by atoms with van der Waals surface area (Å²) in [5, 5.41) is 5.12. The summed E-state index contributed by atoms with van der Waals surface area (Å²) in [5.74, 6) is -1.27. The number of methoxy groups -OCH3 is 1. The largest absolute Gasteiger partial charge is 0.465 e. The van der Waals surface area contributed by atoms with Crippen LogP contribution in [0.15, 0.2) is 34.1 Å². The predicted molar refractivity (Wildman–Crippen MR) is 77.1 cm³/mol. The molecule has 6 heteroatoms. The van der Waals surface area contributed by atoms with Gasteiger partial charge in [-0.15, -0.1) is 11.3 Å². The second-order valence-electron chi connectivity index (χ2n) is 3.73. The van der Waals surface area contributed by atoms with Crippen molar-refractivity contribution in [1.82, 2.24) is 0 Å². The van der Waals surface area contributed by atoms with Gasteiger partial charge < -0.3 is 10.1 Å². The lowest BCUT2D eigenvalue weighted by Gasteiger charge is -2.08. The molecular formula is C13H11BrFNO2S. The van der Waals surface area contributed by atoms with Gasteiger partial charge in [0.1, 0.15) is 5.82 Å². The van der Waals surface area contributed by atoms with Gasteiger partial charge in [-0.25, -0.2) is 9.18 Å². The number of anilines is 1. The highest BCUT2D eigenvalue weighted by molar-refractivity contribution is 9.10. The lowest BCUT2D eigenvalue weighted by Crippen LogP contribution is -2.06.